The number of phenols is 1. The molecule has 1 saturated carbocycles. The van der Waals surface area contributed by atoms with E-state index in [2.05, 4.69) is 18.8 Å². The average molecular weight is 370 g/mol. The summed E-state index contributed by atoms with van der Waals surface area (Å²) in [4.78, 5) is 16.6. The van der Waals surface area contributed by atoms with Gasteiger partial charge in [0.2, 0.25) is 0 Å². The molecule has 0 aliphatic heterocycles. The maximum Gasteiger partial charge on any atom is 0.310 e. The van der Waals surface area contributed by atoms with Gasteiger partial charge in [-0.3, -0.25) is 4.79 Å². The van der Waals surface area contributed by atoms with E-state index < -0.39 is 0 Å². The van der Waals surface area contributed by atoms with E-state index in [1.165, 1.54) is 19.3 Å². The summed E-state index contributed by atoms with van der Waals surface area (Å²) in [5, 5.41) is 10.6. The summed E-state index contributed by atoms with van der Waals surface area (Å²) in [6.45, 7) is 5.07. The van der Waals surface area contributed by atoms with Crippen molar-refractivity contribution in [3.8, 4) is 5.75 Å². The van der Waals surface area contributed by atoms with Crippen LogP contribution in [0.3, 0.4) is 0 Å². The molecule has 0 amide bonds. The minimum atomic E-state index is -0.308. The summed E-state index contributed by atoms with van der Waals surface area (Å²) in [5.74, 6) is 1.69. The van der Waals surface area contributed by atoms with Gasteiger partial charge in [0.1, 0.15) is 18.2 Å². The highest BCUT2D eigenvalue weighted by molar-refractivity contribution is 5.73. The van der Waals surface area contributed by atoms with Crippen LogP contribution in [0.25, 0.3) is 0 Å². The molecule has 5 nitrogen and oxygen atoms in total. The number of benzene rings is 1. The lowest BCUT2D eigenvalue weighted by Gasteiger charge is -2.23. The first kappa shape index (κ1) is 19.5. The topological polar surface area (TPSA) is 64.4 Å². The maximum atomic E-state index is 12.2. The Bertz CT molecular complexity index is 761. The molecule has 1 aromatic heterocycles. The Hall–Kier alpha value is -2.30. The van der Waals surface area contributed by atoms with Gasteiger partial charge in [0.25, 0.3) is 0 Å². The van der Waals surface area contributed by atoms with Gasteiger partial charge >= 0.3 is 5.97 Å². The number of imidazole rings is 1. The second-order valence-electron chi connectivity index (χ2n) is 7.72. The minimum absolute atomic E-state index is 0.105. The number of carbonyl (C=O) groups excluding carboxylic acids is 1. The van der Waals surface area contributed by atoms with Crippen LogP contribution < -0.4 is 0 Å². The van der Waals surface area contributed by atoms with Crippen LogP contribution in [0.1, 0.15) is 74.7 Å². The largest absolute Gasteiger partial charge is 0.507 e. The second-order valence-corrected chi connectivity index (χ2v) is 7.72. The van der Waals surface area contributed by atoms with Crippen LogP contribution in [0.15, 0.2) is 30.6 Å². The molecule has 146 valence electrons. The van der Waals surface area contributed by atoms with Gasteiger partial charge in [-0.2, -0.15) is 0 Å². The number of aromatic nitrogens is 2. The first-order valence-corrected chi connectivity index (χ1v) is 10.0. The molecule has 2 aromatic rings. The monoisotopic (exact) mass is 370 g/mol. The number of ether oxygens (including phenoxy) is 1. The van der Waals surface area contributed by atoms with Gasteiger partial charge in [0.05, 0.1) is 13.0 Å². The van der Waals surface area contributed by atoms with E-state index in [1.807, 2.05) is 29.0 Å². The van der Waals surface area contributed by atoms with E-state index in [0.29, 0.717) is 30.6 Å². The van der Waals surface area contributed by atoms with E-state index in [4.69, 9.17) is 4.74 Å². The zero-order valence-electron chi connectivity index (χ0n) is 16.4. The van der Waals surface area contributed by atoms with E-state index in [1.54, 1.807) is 6.20 Å². The average Bonchev–Trinajstić information content (AvgIpc) is 3.13. The molecule has 3 rings (SSSR count). The fraction of sp³-hybridized carbons (Fsp3) is 0.545. The molecule has 0 atom stereocenters. The van der Waals surface area contributed by atoms with Crippen LogP contribution in [-0.4, -0.2) is 27.2 Å². The molecule has 1 aromatic carbocycles. The van der Waals surface area contributed by atoms with E-state index in [-0.39, 0.29) is 18.1 Å². The van der Waals surface area contributed by atoms with Crippen molar-refractivity contribution in [2.75, 3.05) is 6.61 Å². The lowest BCUT2D eigenvalue weighted by molar-refractivity contribution is -0.143. The molecule has 1 aliphatic carbocycles. The number of para-hydroxylation sites is 1. The van der Waals surface area contributed by atoms with Crippen LogP contribution in [0.5, 0.6) is 5.75 Å². The highest BCUT2D eigenvalue weighted by atomic mass is 16.5. The third-order valence-corrected chi connectivity index (χ3v) is 5.39. The van der Waals surface area contributed by atoms with Gasteiger partial charge in [0.15, 0.2) is 0 Å². The number of esters is 1. The van der Waals surface area contributed by atoms with Gasteiger partial charge in [-0.25, -0.2) is 4.98 Å². The molecule has 27 heavy (non-hydrogen) atoms. The summed E-state index contributed by atoms with van der Waals surface area (Å²) < 4.78 is 7.41. The van der Waals surface area contributed by atoms with Crippen molar-refractivity contribution >= 4 is 5.97 Å². The summed E-state index contributed by atoms with van der Waals surface area (Å²) in [6.07, 6.45) is 9.71. The maximum absolute atomic E-state index is 12.2. The quantitative estimate of drug-likeness (QED) is 0.727. The van der Waals surface area contributed by atoms with Gasteiger partial charge in [0, 0.05) is 23.9 Å². The number of nitrogens with zero attached hydrogens (tertiary/aromatic N) is 2. The number of carbonyl (C=O) groups is 1. The molecule has 0 spiro atoms. The van der Waals surface area contributed by atoms with Crippen LogP contribution in [-0.2, 0) is 22.5 Å². The normalized spacial score (nSPS) is 15.2. The molecule has 1 fully saturated rings. The van der Waals surface area contributed by atoms with Crippen molar-refractivity contribution in [2.24, 2.45) is 0 Å². The van der Waals surface area contributed by atoms with Crippen LogP contribution >= 0.6 is 0 Å². The summed E-state index contributed by atoms with van der Waals surface area (Å²) in [5.41, 5.74) is 1.65. The highest BCUT2D eigenvalue weighted by Crippen LogP contribution is 2.38. The fourth-order valence-electron chi connectivity index (χ4n) is 3.97. The van der Waals surface area contributed by atoms with E-state index in [0.717, 1.165) is 24.2 Å². The third-order valence-electron chi connectivity index (χ3n) is 5.39. The van der Waals surface area contributed by atoms with E-state index >= 15 is 0 Å². The fourth-order valence-corrected chi connectivity index (χ4v) is 3.97. The number of aromatic hydroxyl groups is 1. The van der Waals surface area contributed by atoms with Crippen LogP contribution in [0, 0.1) is 0 Å². The highest BCUT2D eigenvalue weighted by Gasteiger charge is 2.21. The summed E-state index contributed by atoms with van der Waals surface area (Å²) >= 11 is 0. The molecule has 0 bridgehead atoms. The van der Waals surface area contributed by atoms with Crippen molar-refractivity contribution in [1.29, 1.82) is 0 Å². The van der Waals surface area contributed by atoms with E-state index in [9.17, 15) is 9.90 Å². The lowest BCUT2D eigenvalue weighted by atomic mass is 9.83. The number of hydrogen-bond donors (Lipinski definition) is 1. The number of hydrogen-bond acceptors (Lipinski definition) is 4. The summed E-state index contributed by atoms with van der Waals surface area (Å²) in [6, 6.07) is 5.75. The van der Waals surface area contributed by atoms with Crippen molar-refractivity contribution in [1.82, 2.24) is 9.55 Å². The zero-order chi connectivity index (χ0) is 19.2. The Kier molecular flexibility index (Phi) is 6.54. The van der Waals surface area contributed by atoms with Crippen molar-refractivity contribution in [3.63, 3.8) is 0 Å². The van der Waals surface area contributed by atoms with Crippen LogP contribution in [0.4, 0.5) is 0 Å². The first-order valence-electron chi connectivity index (χ1n) is 10.0. The smallest absolute Gasteiger partial charge is 0.310 e. The zero-order valence-corrected chi connectivity index (χ0v) is 16.4. The Labute approximate surface area is 161 Å². The van der Waals surface area contributed by atoms with Gasteiger partial charge in [-0.15, -0.1) is 0 Å². The Morgan fingerprint density at radius 3 is 2.81 bits per heavy atom. The molecule has 0 saturated heterocycles. The lowest BCUT2D eigenvalue weighted by Crippen LogP contribution is -2.15. The predicted molar refractivity (Wildman–Crippen MR) is 105 cm³/mol. The number of rotatable bonds is 7. The Morgan fingerprint density at radius 1 is 1.30 bits per heavy atom. The molecule has 1 aliphatic rings. The second kappa shape index (κ2) is 9.07. The molecular weight excluding hydrogens is 340 g/mol. The van der Waals surface area contributed by atoms with Crippen molar-refractivity contribution in [2.45, 2.75) is 70.8 Å². The molecule has 1 N–H and O–H groups in total. The number of phenolic OH excluding ortho intramolecular Hbond substituents is 1. The molecule has 5 heteroatoms. The molecule has 1 heterocycles. The van der Waals surface area contributed by atoms with Gasteiger partial charge in [-0.05, 0) is 24.3 Å². The van der Waals surface area contributed by atoms with Crippen molar-refractivity contribution < 1.29 is 14.6 Å². The Morgan fingerprint density at radius 2 is 2.07 bits per heavy atom. The molecule has 0 radical (unpaired) electrons. The summed E-state index contributed by atoms with van der Waals surface area (Å²) in [7, 11) is 0. The van der Waals surface area contributed by atoms with Crippen molar-refractivity contribution in [3.05, 3.63) is 47.5 Å². The van der Waals surface area contributed by atoms with Gasteiger partial charge < -0.3 is 14.4 Å². The third kappa shape index (κ3) is 4.90. The standard InChI is InChI=1S/C22H30N2O3/c1-16(2)22-23-11-12-24(22)13-14-27-20(25)15-18-9-6-10-19(21(18)26)17-7-4-3-5-8-17/h6,9-12,16-17,26H,3-5,7-8,13-15H2,1-2H3. The van der Waals surface area contributed by atoms with Gasteiger partial charge in [-0.1, -0.05) is 51.3 Å². The first-order chi connectivity index (χ1) is 13.1. The predicted octanol–water partition coefficient (Wildman–Crippen LogP) is 4.55. The Balaban J connectivity index is 1.55. The minimum Gasteiger partial charge on any atom is -0.507 e. The molecular formula is C22H30N2O3. The SMILES string of the molecule is CC(C)c1nccn1CCOC(=O)Cc1cccc(C2CCCCC2)c1O. The molecule has 0 unspecified atom stereocenters. The van der Waals surface area contributed by atoms with Crippen LogP contribution in [0.2, 0.25) is 0 Å².